The van der Waals surface area contributed by atoms with E-state index in [2.05, 4.69) is 15.2 Å². The van der Waals surface area contributed by atoms with Crippen molar-refractivity contribution in [2.24, 2.45) is 0 Å². The number of amides is 1. The van der Waals surface area contributed by atoms with Crippen LogP contribution >= 0.6 is 11.3 Å². The molecule has 9 heteroatoms. The molecule has 1 aliphatic rings. The Morgan fingerprint density at radius 1 is 1.35 bits per heavy atom. The van der Waals surface area contributed by atoms with Gasteiger partial charge in [0.15, 0.2) is 11.6 Å². The molecule has 0 atom stereocenters. The van der Waals surface area contributed by atoms with Crippen LogP contribution < -0.4 is 10.1 Å². The number of hydrogen-bond acceptors (Lipinski definition) is 6. The first kappa shape index (κ1) is 18.7. The maximum atomic E-state index is 13.5. The van der Waals surface area contributed by atoms with E-state index in [1.165, 1.54) is 17.4 Å². The number of thiazole rings is 1. The van der Waals surface area contributed by atoms with Crippen molar-refractivity contribution in [1.29, 1.82) is 0 Å². The van der Waals surface area contributed by atoms with Gasteiger partial charge in [-0.2, -0.15) is 0 Å². The Morgan fingerprint density at radius 3 is 2.92 bits per heavy atom. The van der Waals surface area contributed by atoms with E-state index in [4.69, 9.17) is 9.47 Å². The molecule has 1 aliphatic heterocycles. The molecule has 140 valence electrons. The summed E-state index contributed by atoms with van der Waals surface area (Å²) in [6, 6.07) is 3.09. The summed E-state index contributed by atoms with van der Waals surface area (Å²) < 4.78 is 36.9. The molecule has 0 bridgehead atoms. The summed E-state index contributed by atoms with van der Waals surface area (Å²) >= 11 is 1.25. The van der Waals surface area contributed by atoms with Crippen LogP contribution in [0.15, 0.2) is 23.6 Å². The smallest absolute Gasteiger partial charge is 0.270 e. The van der Waals surface area contributed by atoms with Crippen molar-refractivity contribution in [3.63, 3.8) is 0 Å². The fourth-order valence-corrected chi connectivity index (χ4v) is 3.14. The Kier molecular flexibility index (Phi) is 6.48. The van der Waals surface area contributed by atoms with Gasteiger partial charge in [0, 0.05) is 37.6 Å². The van der Waals surface area contributed by atoms with E-state index >= 15 is 0 Å². The van der Waals surface area contributed by atoms with Gasteiger partial charge in [-0.3, -0.25) is 9.69 Å². The number of ether oxygens (including phenoxy) is 2. The van der Waals surface area contributed by atoms with Gasteiger partial charge >= 0.3 is 0 Å². The van der Waals surface area contributed by atoms with E-state index in [1.54, 1.807) is 5.38 Å². The lowest BCUT2D eigenvalue weighted by Crippen LogP contribution is -2.41. The Hall–Kier alpha value is -2.10. The first-order chi connectivity index (χ1) is 12.6. The number of carbonyl (C=O) groups is 1. The highest BCUT2D eigenvalue weighted by Gasteiger charge is 2.14. The average molecular weight is 383 g/mol. The van der Waals surface area contributed by atoms with Crippen molar-refractivity contribution >= 4 is 17.2 Å². The predicted octanol–water partition coefficient (Wildman–Crippen LogP) is 2.06. The fourth-order valence-electron chi connectivity index (χ4n) is 2.46. The molecule has 0 aliphatic carbocycles. The van der Waals surface area contributed by atoms with Crippen molar-refractivity contribution in [2.75, 3.05) is 39.4 Å². The second kappa shape index (κ2) is 9.02. The second-order valence-corrected chi connectivity index (χ2v) is 6.64. The van der Waals surface area contributed by atoms with E-state index in [0.717, 1.165) is 45.0 Å². The minimum absolute atomic E-state index is 0.00821. The van der Waals surface area contributed by atoms with Gasteiger partial charge in [0.1, 0.15) is 23.1 Å². The van der Waals surface area contributed by atoms with Gasteiger partial charge in [-0.1, -0.05) is 0 Å². The molecular formula is C17H19F2N3O3S. The van der Waals surface area contributed by atoms with Crippen LogP contribution in [-0.4, -0.2) is 55.2 Å². The number of morpholine rings is 1. The quantitative estimate of drug-likeness (QED) is 0.793. The summed E-state index contributed by atoms with van der Waals surface area (Å²) in [7, 11) is 0. The van der Waals surface area contributed by atoms with Crippen LogP contribution in [0.3, 0.4) is 0 Å². The maximum Gasteiger partial charge on any atom is 0.270 e. The van der Waals surface area contributed by atoms with Crippen LogP contribution in [0.5, 0.6) is 5.75 Å². The number of carbonyl (C=O) groups excluding carboxylic acids is 1. The van der Waals surface area contributed by atoms with Crippen LogP contribution in [0.25, 0.3) is 0 Å². The standard InChI is InChI=1S/C17H19F2N3O3S/c18-12-1-2-15(13(19)9-12)25-10-16-21-14(11-26-16)17(23)20-3-4-22-5-7-24-8-6-22/h1-2,9,11H,3-8,10H2,(H,20,23). The minimum atomic E-state index is -0.775. The summed E-state index contributed by atoms with van der Waals surface area (Å²) in [4.78, 5) is 18.5. The molecule has 1 aromatic heterocycles. The largest absolute Gasteiger partial charge is 0.483 e. The van der Waals surface area contributed by atoms with Gasteiger partial charge in [0.2, 0.25) is 0 Å². The van der Waals surface area contributed by atoms with E-state index in [9.17, 15) is 13.6 Å². The third kappa shape index (κ3) is 5.20. The van der Waals surface area contributed by atoms with Crippen LogP contribution in [0.1, 0.15) is 15.5 Å². The predicted molar refractivity (Wildman–Crippen MR) is 92.4 cm³/mol. The summed E-state index contributed by atoms with van der Waals surface area (Å²) in [5, 5.41) is 4.99. The number of benzene rings is 1. The number of nitrogens with zero attached hydrogens (tertiary/aromatic N) is 2. The average Bonchev–Trinajstić information content (AvgIpc) is 3.11. The number of nitrogens with one attached hydrogen (secondary N) is 1. The van der Waals surface area contributed by atoms with E-state index < -0.39 is 11.6 Å². The van der Waals surface area contributed by atoms with Gasteiger partial charge < -0.3 is 14.8 Å². The monoisotopic (exact) mass is 383 g/mol. The molecule has 0 spiro atoms. The summed E-state index contributed by atoms with van der Waals surface area (Å²) in [6.45, 7) is 4.48. The number of hydrogen-bond donors (Lipinski definition) is 1. The second-order valence-electron chi connectivity index (χ2n) is 5.70. The molecule has 3 rings (SSSR count). The van der Waals surface area contributed by atoms with Gasteiger partial charge in [-0.15, -0.1) is 11.3 Å². The zero-order valence-corrected chi connectivity index (χ0v) is 14.9. The van der Waals surface area contributed by atoms with Gasteiger partial charge in [-0.05, 0) is 12.1 Å². The molecule has 1 fully saturated rings. The Morgan fingerprint density at radius 2 is 2.15 bits per heavy atom. The van der Waals surface area contributed by atoms with E-state index in [-0.39, 0.29) is 18.3 Å². The third-order valence-electron chi connectivity index (χ3n) is 3.85. The van der Waals surface area contributed by atoms with Gasteiger partial charge in [0.05, 0.1) is 13.2 Å². The van der Waals surface area contributed by atoms with Crippen molar-refractivity contribution < 1.29 is 23.0 Å². The molecular weight excluding hydrogens is 364 g/mol. The third-order valence-corrected chi connectivity index (χ3v) is 4.67. The summed E-state index contributed by atoms with van der Waals surface area (Å²) in [5.74, 6) is -1.75. The van der Waals surface area contributed by atoms with Crippen molar-refractivity contribution in [1.82, 2.24) is 15.2 Å². The summed E-state index contributed by atoms with van der Waals surface area (Å²) in [5.41, 5.74) is 0.301. The zero-order chi connectivity index (χ0) is 18.4. The van der Waals surface area contributed by atoms with Crippen LogP contribution in [0.2, 0.25) is 0 Å². The van der Waals surface area contributed by atoms with Crippen LogP contribution in [-0.2, 0) is 11.3 Å². The first-order valence-corrected chi connectivity index (χ1v) is 9.10. The molecule has 1 saturated heterocycles. The lowest BCUT2D eigenvalue weighted by atomic mass is 10.3. The highest BCUT2D eigenvalue weighted by Crippen LogP contribution is 2.20. The molecule has 26 heavy (non-hydrogen) atoms. The molecule has 0 radical (unpaired) electrons. The van der Waals surface area contributed by atoms with Crippen molar-refractivity contribution in [3.8, 4) is 5.75 Å². The molecule has 0 unspecified atom stereocenters. The van der Waals surface area contributed by atoms with Crippen LogP contribution in [0.4, 0.5) is 8.78 Å². The minimum Gasteiger partial charge on any atom is -0.483 e. The number of halogens is 2. The molecule has 2 heterocycles. The van der Waals surface area contributed by atoms with E-state index in [0.29, 0.717) is 17.2 Å². The molecule has 2 aromatic rings. The molecule has 0 saturated carbocycles. The highest BCUT2D eigenvalue weighted by atomic mass is 32.1. The normalized spacial score (nSPS) is 15.0. The molecule has 1 aromatic carbocycles. The first-order valence-electron chi connectivity index (χ1n) is 8.22. The van der Waals surface area contributed by atoms with Crippen molar-refractivity contribution in [3.05, 3.63) is 45.9 Å². The Bertz CT molecular complexity index is 751. The maximum absolute atomic E-state index is 13.5. The van der Waals surface area contributed by atoms with Crippen LogP contribution in [0, 0.1) is 11.6 Å². The van der Waals surface area contributed by atoms with Gasteiger partial charge in [0.25, 0.3) is 5.91 Å². The molecule has 6 nitrogen and oxygen atoms in total. The Balaban J connectivity index is 1.45. The van der Waals surface area contributed by atoms with Gasteiger partial charge in [-0.25, -0.2) is 13.8 Å². The molecule has 1 amide bonds. The number of aromatic nitrogens is 1. The topological polar surface area (TPSA) is 63.7 Å². The number of rotatable bonds is 7. The Labute approximate surface area is 153 Å². The summed E-state index contributed by atoms with van der Waals surface area (Å²) in [6.07, 6.45) is 0. The van der Waals surface area contributed by atoms with E-state index in [1.807, 2.05) is 0 Å². The van der Waals surface area contributed by atoms with Crippen molar-refractivity contribution in [2.45, 2.75) is 6.61 Å². The SMILES string of the molecule is O=C(NCCN1CCOCC1)c1csc(COc2ccc(F)cc2F)n1. The highest BCUT2D eigenvalue weighted by molar-refractivity contribution is 7.09. The lowest BCUT2D eigenvalue weighted by molar-refractivity contribution is 0.0383. The lowest BCUT2D eigenvalue weighted by Gasteiger charge is -2.26. The fraction of sp³-hybridized carbons (Fsp3) is 0.412. The zero-order valence-electron chi connectivity index (χ0n) is 14.0. The molecule has 1 N–H and O–H groups in total.